The average Bonchev–Trinajstić information content (AvgIpc) is 2.64. The molecular weight excluding hydrogens is 500 g/mol. The van der Waals surface area contributed by atoms with Gasteiger partial charge in [0.15, 0.2) is 5.96 Å². The topological polar surface area (TPSA) is 88.7 Å². The number of nitrogens with zero attached hydrogens (tertiary/aromatic N) is 1. The van der Waals surface area contributed by atoms with E-state index in [9.17, 15) is 18.0 Å². The highest BCUT2D eigenvalue weighted by atomic mass is 127. The van der Waals surface area contributed by atoms with Crippen molar-refractivity contribution in [3.8, 4) is 18.1 Å². The Morgan fingerprint density at radius 2 is 1.90 bits per heavy atom. The third-order valence-corrected chi connectivity index (χ3v) is 3.33. The lowest BCUT2D eigenvalue weighted by molar-refractivity contribution is -0.274. The van der Waals surface area contributed by atoms with Crippen LogP contribution in [-0.2, 0) is 11.3 Å². The number of anilines is 1. The SMILES string of the molecule is C#Cc1cccc(NC(=O)CNC(N)=NCc2ccc(OC(F)(F)F)cc2)c1.I. The maximum Gasteiger partial charge on any atom is 0.573 e. The highest BCUT2D eigenvalue weighted by Crippen LogP contribution is 2.22. The molecule has 0 aliphatic rings. The zero-order chi connectivity index (χ0) is 20.6. The number of carbonyl (C=O) groups excluding carboxylic acids is 1. The Hall–Kier alpha value is -2.94. The minimum atomic E-state index is -4.74. The van der Waals surface area contributed by atoms with Crippen LogP contribution in [0.3, 0.4) is 0 Å². The molecule has 2 aromatic carbocycles. The molecule has 2 rings (SSSR count). The van der Waals surface area contributed by atoms with Crippen molar-refractivity contribution in [2.75, 3.05) is 11.9 Å². The third kappa shape index (κ3) is 9.20. The largest absolute Gasteiger partial charge is 0.573 e. The molecule has 0 aliphatic heterocycles. The molecule has 0 unspecified atom stereocenters. The van der Waals surface area contributed by atoms with Crippen LogP contribution in [0.5, 0.6) is 5.75 Å². The number of halogens is 4. The molecule has 0 fully saturated rings. The zero-order valence-corrected chi connectivity index (χ0v) is 17.3. The van der Waals surface area contributed by atoms with Crippen LogP contribution in [0.15, 0.2) is 53.5 Å². The Balaban J connectivity index is 0.00000420. The van der Waals surface area contributed by atoms with Crippen molar-refractivity contribution < 1.29 is 22.7 Å². The van der Waals surface area contributed by atoms with Gasteiger partial charge in [-0.3, -0.25) is 4.79 Å². The first-order valence-corrected chi connectivity index (χ1v) is 8.00. The fourth-order valence-electron chi connectivity index (χ4n) is 2.09. The van der Waals surface area contributed by atoms with Gasteiger partial charge in [-0.2, -0.15) is 0 Å². The second-order valence-electron chi connectivity index (χ2n) is 5.52. The second-order valence-corrected chi connectivity index (χ2v) is 5.52. The number of aliphatic imine (C=N–C) groups is 1. The van der Waals surface area contributed by atoms with E-state index in [2.05, 4.69) is 26.3 Å². The molecule has 0 bridgehead atoms. The number of hydrogen-bond donors (Lipinski definition) is 3. The number of guanidine groups is 1. The fraction of sp³-hybridized carbons (Fsp3) is 0.158. The van der Waals surface area contributed by atoms with E-state index in [1.807, 2.05) is 0 Å². The zero-order valence-electron chi connectivity index (χ0n) is 15.0. The number of terminal acetylenes is 1. The fourth-order valence-corrected chi connectivity index (χ4v) is 2.09. The number of rotatable bonds is 6. The van der Waals surface area contributed by atoms with Gasteiger partial charge < -0.3 is 21.1 Å². The second kappa shape index (κ2) is 11.2. The summed E-state index contributed by atoms with van der Waals surface area (Å²) in [6, 6.07) is 12.0. The summed E-state index contributed by atoms with van der Waals surface area (Å²) in [7, 11) is 0. The third-order valence-electron chi connectivity index (χ3n) is 3.33. The van der Waals surface area contributed by atoms with Gasteiger partial charge in [-0.25, -0.2) is 4.99 Å². The molecule has 6 nitrogen and oxygen atoms in total. The molecule has 154 valence electrons. The van der Waals surface area contributed by atoms with Gasteiger partial charge in [0.25, 0.3) is 0 Å². The molecule has 0 atom stereocenters. The molecule has 2 aromatic rings. The molecule has 0 spiro atoms. The Labute approximate surface area is 182 Å². The minimum Gasteiger partial charge on any atom is -0.406 e. The minimum absolute atomic E-state index is 0. The van der Waals surface area contributed by atoms with Gasteiger partial charge in [0, 0.05) is 11.3 Å². The first kappa shape index (κ1) is 24.1. The summed E-state index contributed by atoms with van der Waals surface area (Å²) < 4.78 is 40.1. The maximum absolute atomic E-state index is 12.1. The van der Waals surface area contributed by atoms with Crippen LogP contribution >= 0.6 is 24.0 Å². The molecule has 0 aromatic heterocycles. The molecule has 0 saturated heterocycles. The summed E-state index contributed by atoms with van der Waals surface area (Å²) >= 11 is 0. The Morgan fingerprint density at radius 1 is 1.21 bits per heavy atom. The number of nitrogens with two attached hydrogens (primary N) is 1. The number of ether oxygens (including phenoxy) is 1. The molecule has 0 radical (unpaired) electrons. The highest BCUT2D eigenvalue weighted by Gasteiger charge is 2.30. The van der Waals surface area contributed by atoms with Crippen molar-refractivity contribution in [2.45, 2.75) is 12.9 Å². The van der Waals surface area contributed by atoms with Crippen LogP contribution in [-0.4, -0.2) is 24.8 Å². The van der Waals surface area contributed by atoms with Crippen molar-refractivity contribution in [2.24, 2.45) is 10.7 Å². The van der Waals surface area contributed by atoms with Crippen LogP contribution in [0.25, 0.3) is 0 Å². The number of amides is 1. The lowest BCUT2D eigenvalue weighted by Crippen LogP contribution is -2.37. The molecule has 0 aliphatic carbocycles. The number of carbonyl (C=O) groups is 1. The predicted molar refractivity (Wildman–Crippen MR) is 115 cm³/mol. The summed E-state index contributed by atoms with van der Waals surface area (Å²) in [4.78, 5) is 15.9. The van der Waals surface area contributed by atoms with Crippen LogP contribution in [0.1, 0.15) is 11.1 Å². The van der Waals surface area contributed by atoms with E-state index in [1.54, 1.807) is 24.3 Å². The van der Waals surface area contributed by atoms with Gasteiger partial charge in [0.1, 0.15) is 5.75 Å². The first-order chi connectivity index (χ1) is 13.2. The van der Waals surface area contributed by atoms with Gasteiger partial charge in [0.05, 0.1) is 13.1 Å². The van der Waals surface area contributed by atoms with Gasteiger partial charge >= 0.3 is 6.36 Å². The summed E-state index contributed by atoms with van der Waals surface area (Å²) in [6.07, 6.45) is 0.561. The molecule has 0 saturated carbocycles. The van der Waals surface area contributed by atoms with E-state index in [0.29, 0.717) is 16.8 Å². The van der Waals surface area contributed by atoms with Crippen LogP contribution in [0.2, 0.25) is 0 Å². The van der Waals surface area contributed by atoms with Gasteiger partial charge in [-0.05, 0) is 35.9 Å². The quantitative estimate of drug-likeness (QED) is 0.237. The van der Waals surface area contributed by atoms with E-state index in [-0.39, 0.29) is 54.7 Å². The van der Waals surface area contributed by atoms with E-state index in [1.165, 1.54) is 24.3 Å². The van der Waals surface area contributed by atoms with E-state index >= 15 is 0 Å². The maximum atomic E-state index is 12.1. The summed E-state index contributed by atoms with van der Waals surface area (Å²) in [6.45, 7) is 0.00490. The average molecular weight is 518 g/mol. The first-order valence-electron chi connectivity index (χ1n) is 8.00. The van der Waals surface area contributed by atoms with E-state index < -0.39 is 6.36 Å². The standard InChI is InChI=1S/C19H17F3N4O2.HI/c1-2-13-4-3-5-15(10-13)26-17(27)12-25-18(23)24-11-14-6-8-16(9-7-14)28-19(20,21)22;/h1,3-10H,11-12H2,(H,26,27)(H3,23,24,25);1H. The number of nitrogens with one attached hydrogen (secondary N) is 2. The summed E-state index contributed by atoms with van der Waals surface area (Å²) in [5.74, 6) is 1.82. The molecule has 4 N–H and O–H groups in total. The van der Waals surface area contributed by atoms with Crippen LogP contribution in [0.4, 0.5) is 18.9 Å². The summed E-state index contributed by atoms with van der Waals surface area (Å²) in [5.41, 5.74) is 7.49. The summed E-state index contributed by atoms with van der Waals surface area (Å²) in [5, 5.41) is 5.30. The van der Waals surface area contributed by atoms with Crippen molar-refractivity contribution in [3.63, 3.8) is 0 Å². The van der Waals surface area contributed by atoms with Crippen molar-refractivity contribution in [3.05, 3.63) is 59.7 Å². The lowest BCUT2D eigenvalue weighted by atomic mass is 10.2. The smallest absolute Gasteiger partial charge is 0.406 e. The molecule has 0 heterocycles. The number of alkyl halides is 3. The highest BCUT2D eigenvalue weighted by molar-refractivity contribution is 14.0. The van der Waals surface area contributed by atoms with Gasteiger partial charge in [-0.1, -0.05) is 24.1 Å². The van der Waals surface area contributed by atoms with Crippen LogP contribution in [0, 0.1) is 12.3 Å². The predicted octanol–water partition coefficient (Wildman–Crippen LogP) is 3.23. The lowest BCUT2D eigenvalue weighted by Gasteiger charge is -2.09. The molecular formula is C19H18F3IN4O2. The number of hydrogen-bond acceptors (Lipinski definition) is 3. The number of benzene rings is 2. The van der Waals surface area contributed by atoms with Crippen molar-refractivity contribution in [1.29, 1.82) is 0 Å². The van der Waals surface area contributed by atoms with Crippen molar-refractivity contribution >= 4 is 41.5 Å². The molecule has 1 amide bonds. The Kier molecular flexibility index (Phi) is 9.27. The monoisotopic (exact) mass is 518 g/mol. The van der Waals surface area contributed by atoms with Gasteiger partial charge in [-0.15, -0.1) is 43.6 Å². The van der Waals surface area contributed by atoms with E-state index in [0.717, 1.165) is 0 Å². The van der Waals surface area contributed by atoms with E-state index in [4.69, 9.17) is 12.2 Å². The van der Waals surface area contributed by atoms with Gasteiger partial charge in [0.2, 0.25) is 5.91 Å². The Bertz CT molecular complexity index is 894. The molecule has 10 heteroatoms. The van der Waals surface area contributed by atoms with Crippen LogP contribution < -0.4 is 21.1 Å². The van der Waals surface area contributed by atoms with Crippen molar-refractivity contribution in [1.82, 2.24) is 5.32 Å². The normalized spacial score (nSPS) is 11.0. The molecule has 29 heavy (non-hydrogen) atoms. The Morgan fingerprint density at radius 3 is 2.52 bits per heavy atom.